The molecule has 0 bridgehead atoms. The average molecular weight is 567 g/mol. The van der Waals surface area contributed by atoms with Gasteiger partial charge in [0.2, 0.25) is 0 Å². The molecule has 0 saturated carbocycles. The van der Waals surface area contributed by atoms with E-state index in [1.807, 2.05) is 22.9 Å². The highest BCUT2D eigenvalue weighted by Crippen LogP contribution is 2.54. The second-order valence-electron chi connectivity index (χ2n) is 8.00. The van der Waals surface area contributed by atoms with E-state index in [0.717, 1.165) is 63.9 Å². The van der Waals surface area contributed by atoms with Crippen LogP contribution in [-0.4, -0.2) is 0 Å². The number of thiophene rings is 4. The van der Waals surface area contributed by atoms with Gasteiger partial charge >= 0.3 is 12.4 Å². The van der Waals surface area contributed by atoms with Crippen LogP contribution in [0.15, 0.2) is 71.4 Å². The van der Waals surface area contributed by atoms with Crippen molar-refractivity contribution < 1.29 is 26.3 Å². The molecule has 0 saturated heterocycles. The summed E-state index contributed by atoms with van der Waals surface area (Å²) in [7, 11) is 0. The van der Waals surface area contributed by atoms with Crippen molar-refractivity contribution in [3.05, 3.63) is 82.6 Å². The number of alkyl halides is 6. The van der Waals surface area contributed by atoms with Gasteiger partial charge in [0.05, 0.1) is 30.3 Å². The predicted octanol–water partition coefficient (Wildman–Crippen LogP) is 11.3. The lowest BCUT2D eigenvalue weighted by atomic mass is 10.1. The fourth-order valence-corrected chi connectivity index (χ4v) is 9.09. The number of hydrogen-bond donors (Lipinski definition) is 0. The number of rotatable bonds is 3. The minimum absolute atomic E-state index is 0.690. The highest BCUT2D eigenvalue weighted by atomic mass is 32.1. The zero-order valence-electron chi connectivity index (χ0n) is 17.8. The molecule has 0 N–H and O–H groups in total. The van der Waals surface area contributed by atoms with Gasteiger partial charge in [0.1, 0.15) is 0 Å². The van der Waals surface area contributed by atoms with Gasteiger partial charge in [0, 0.05) is 20.5 Å². The minimum atomic E-state index is -4.40. The third kappa shape index (κ3) is 3.96. The summed E-state index contributed by atoms with van der Waals surface area (Å²) < 4.78 is 80.3. The fraction of sp³-hybridized carbons (Fsp3) is 0.0769. The first kappa shape index (κ1) is 23.7. The summed E-state index contributed by atoms with van der Waals surface area (Å²) in [5.74, 6) is 0. The lowest BCUT2D eigenvalue weighted by molar-refractivity contribution is -0.138. The second kappa shape index (κ2) is 8.44. The maximum atomic E-state index is 13.0. The number of hydrogen-bond acceptors (Lipinski definition) is 4. The zero-order valence-corrected chi connectivity index (χ0v) is 21.1. The molecule has 0 aliphatic carbocycles. The Labute approximate surface area is 216 Å². The van der Waals surface area contributed by atoms with Gasteiger partial charge in [-0.1, -0.05) is 24.3 Å². The molecule has 6 aromatic rings. The van der Waals surface area contributed by atoms with E-state index < -0.39 is 23.5 Å². The molecule has 2 aromatic carbocycles. The molecule has 0 atom stereocenters. The summed E-state index contributed by atoms with van der Waals surface area (Å²) in [5.41, 5.74) is 0.0443. The van der Waals surface area contributed by atoms with E-state index in [1.54, 1.807) is 22.7 Å². The molecule has 0 aliphatic rings. The Morgan fingerprint density at radius 1 is 0.444 bits per heavy atom. The first-order valence-corrected chi connectivity index (χ1v) is 13.9. The Morgan fingerprint density at radius 2 is 0.806 bits per heavy atom. The van der Waals surface area contributed by atoms with Gasteiger partial charge in [-0.15, -0.1) is 45.3 Å². The van der Waals surface area contributed by atoms with Gasteiger partial charge < -0.3 is 0 Å². The third-order valence-electron chi connectivity index (χ3n) is 5.80. The van der Waals surface area contributed by atoms with E-state index in [2.05, 4.69) is 0 Å². The van der Waals surface area contributed by atoms with Crippen molar-refractivity contribution in [2.75, 3.05) is 0 Å². The van der Waals surface area contributed by atoms with Crippen LogP contribution in [0, 0.1) is 0 Å². The van der Waals surface area contributed by atoms with E-state index in [9.17, 15) is 26.3 Å². The van der Waals surface area contributed by atoms with Crippen molar-refractivity contribution in [3.63, 3.8) is 0 Å². The largest absolute Gasteiger partial charge is 0.416 e. The molecule has 6 rings (SSSR count). The Bertz CT molecular complexity index is 1560. The molecule has 0 radical (unpaired) electrons. The van der Waals surface area contributed by atoms with Crippen molar-refractivity contribution >= 4 is 65.5 Å². The van der Waals surface area contributed by atoms with Crippen LogP contribution in [0.2, 0.25) is 0 Å². The lowest BCUT2D eigenvalue weighted by Gasteiger charge is -2.07. The summed E-state index contributed by atoms with van der Waals surface area (Å²) in [4.78, 5) is 3.82. The van der Waals surface area contributed by atoms with Crippen LogP contribution in [0.1, 0.15) is 11.1 Å². The zero-order chi connectivity index (χ0) is 25.2. The van der Waals surface area contributed by atoms with Crippen molar-refractivity contribution in [1.82, 2.24) is 0 Å². The molecule has 0 fully saturated rings. The highest BCUT2D eigenvalue weighted by Gasteiger charge is 2.31. The normalized spacial score (nSPS) is 12.7. The Morgan fingerprint density at radius 3 is 1.14 bits per heavy atom. The van der Waals surface area contributed by atoms with E-state index in [4.69, 9.17) is 0 Å². The SMILES string of the molecule is FC(F)(F)c1ccc(-c2sc(-c3sc(-c4ccc(C(F)(F)F)cc4)c4ccsc34)c3sccc23)cc1. The minimum Gasteiger partial charge on any atom is -0.166 e. The number of fused-ring (bicyclic) bond motifs is 2. The topological polar surface area (TPSA) is 0 Å². The molecule has 4 aromatic heterocycles. The summed E-state index contributed by atoms with van der Waals surface area (Å²) in [6.45, 7) is 0. The number of halogens is 6. The summed E-state index contributed by atoms with van der Waals surface area (Å²) in [6.07, 6.45) is -8.79. The van der Waals surface area contributed by atoms with Gasteiger partial charge in [-0.25, -0.2) is 0 Å². The monoisotopic (exact) mass is 566 g/mol. The molecule has 10 heteroatoms. The summed E-state index contributed by atoms with van der Waals surface area (Å²) in [6, 6.07) is 14.3. The van der Waals surface area contributed by atoms with Crippen molar-refractivity contribution in [2.45, 2.75) is 12.4 Å². The van der Waals surface area contributed by atoms with Crippen LogP contribution in [0.5, 0.6) is 0 Å². The van der Waals surface area contributed by atoms with Crippen LogP contribution in [0.3, 0.4) is 0 Å². The molecule has 182 valence electrons. The second-order valence-corrected chi connectivity index (χ2v) is 11.9. The van der Waals surface area contributed by atoms with Crippen molar-refractivity contribution in [1.29, 1.82) is 0 Å². The Kier molecular flexibility index (Phi) is 5.56. The summed E-state index contributed by atoms with van der Waals surface area (Å²) in [5, 5.41) is 5.89. The van der Waals surface area contributed by atoms with E-state index >= 15 is 0 Å². The molecule has 0 amide bonds. The molecule has 4 heterocycles. The summed E-state index contributed by atoms with van der Waals surface area (Å²) >= 11 is 6.20. The lowest BCUT2D eigenvalue weighted by Crippen LogP contribution is -2.03. The van der Waals surface area contributed by atoms with E-state index in [-0.39, 0.29) is 0 Å². The van der Waals surface area contributed by atoms with Gasteiger partial charge in [0.25, 0.3) is 0 Å². The smallest absolute Gasteiger partial charge is 0.166 e. The molecule has 0 aliphatic heterocycles. The maximum Gasteiger partial charge on any atom is 0.416 e. The molecule has 0 nitrogen and oxygen atoms in total. The standard InChI is InChI=1S/C26H12F6S4/c27-25(28,29)15-5-1-13(2-6-15)19-17-9-11-33-21(17)23(35-19)24-22-18(10-12-34-22)20(36-24)14-3-7-16(8-4-14)26(30,31)32/h1-12H. The fourth-order valence-electron chi connectivity index (χ4n) is 4.08. The molecular weight excluding hydrogens is 555 g/mol. The Balaban J connectivity index is 1.48. The van der Waals surface area contributed by atoms with Crippen LogP contribution < -0.4 is 0 Å². The van der Waals surface area contributed by atoms with Crippen LogP contribution in [0.4, 0.5) is 26.3 Å². The van der Waals surface area contributed by atoms with Gasteiger partial charge in [-0.05, 0) is 58.3 Å². The maximum absolute atomic E-state index is 13.0. The molecular formula is C26H12F6S4. The molecule has 0 spiro atoms. The van der Waals surface area contributed by atoms with Crippen molar-refractivity contribution in [2.24, 2.45) is 0 Å². The first-order chi connectivity index (χ1) is 17.1. The van der Waals surface area contributed by atoms with E-state index in [1.165, 1.54) is 46.9 Å². The van der Waals surface area contributed by atoms with Gasteiger partial charge in [-0.2, -0.15) is 26.3 Å². The van der Waals surface area contributed by atoms with Crippen LogP contribution in [-0.2, 0) is 12.4 Å². The predicted molar refractivity (Wildman–Crippen MR) is 139 cm³/mol. The highest BCUT2D eigenvalue weighted by molar-refractivity contribution is 7.34. The van der Waals surface area contributed by atoms with Crippen LogP contribution >= 0.6 is 45.3 Å². The first-order valence-electron chi connectivity index (χ1n) is 10.5. The Hall–Kier alpha value is -2.66. The molecule has 36 heavy (non-hydrogen) atoms. The van der Waals surface area contributed by atoms with Gasteiger partial charge in [0.15, 0.2) is 0 Å². The quantitative estimate of drug-likeness (QED) is 0.187. The van der Waals surface area contributed by atoms with Crippen molar-refractivity contribution in [3.8, 4) is 30.6 Å². The van der Waals surface area contributed by atoms with Gasteiger partial charge in [-0.3, -0.25) is 0 Å². The number of benzene rings is 2. The van der Waals surface area contributed by atoms with Crippen LogP contribution in [0.25, 0.3) is 50.8 Å². The average Bonchev–Trinajstić information content (AvgIpc) is 3.60. The molecule has 0 unspecified atom stereocenters. The third-order valence-corrected chi connectivity index (χ3v) is 10.6. The van der Waals surface area contributed by atoms with E-state index in [0.29, 0.717) is 11.1 Å².